The van der Waals surface area contributed by atoms with Gasteiger partial charge in [0, 0.05) is 37.1 Å². The first-order valence-electron chi connectivity index (χ1n) is 11.3. The van der Waals surface area contributed by atoms with Crippen LogP contribution in [0.1, 0.15) is 20.3 Å². The van der Waals surface area contributed by atoms with Crippen molar-refractivity contribution < 1.29 is 9.15 Å². The van der Waals surface area contributed by atoms with Crippen LogP contribution in [-0.2, 0) is 6.54 Å². The average molecular weight is 455 g/mol. The van der Waals surface area contributed by atoms with Gasteiger partial charge in [0.1, 0.15) is 5.75 Å². The van der Waals surface area contributed by atoms with Crippen LogP contribution < -0.4 is 10.1 Å². The van der Waals surface area contributed by atoms with E-state index in [9.17, 15) is 0 Å². The van der Waals surface area contributed by atoms with E-state index in [1.54, 1.807) is 12.4 Å². The number of pyridine rings is 1. The van der Waals surface area contributed by atoms with Gasteiger partial charge in [0.25, 0.3) is 5.89 Å². The molecule has 0 aliphatic heterocycles. The zero-order valence-corrected chi connectivity index (χ0v) is 19.2. The number of nitrogens with zero attached hydrogens (tertiary/aromatic N) is 5. The quantitative estimate of drug-likeness (QED) is 0.297. The molecule has 2 aromatic carbocycles. The third-order valence-corrected chi connectivity index (χ3v) is 5.47. The summed E-state index contributed by atoms with van der Waals surface area (Å²) in [7, 11) is 0. The molecular weight excluding hydrogens is 428 g/mol. The summed E-state index contributed by atoms with van der Waals surface area (Å²) in [5.74, 6) is 1.30. The summed E-state index contributed by atoms with van der Waals surface area (Å²) in [6, 6.07) is 14.4. The number of fused-ring (bicyclic) bond motifs is 1. The summed E-state index contributed by atoms with van der Waals surface area (Å²) in [5, 5.41) is 12.6. The summed E-state index contributed by atoms with van der Waals surface area (Å²) in [6.07, 6.45) is 9.78. The van der Waals surface area contributed by atoms with Crippen LogP contribution in [0.2, 0.25) is 0 Å². The largest absolute Gasteiger partial charge is 0.491 e. The number of hydrogen-bond acceptors (Lipinski definition) is 7. The Morgan fingerprint density at radius 3 is 2.68 bits per heavy atom. The second-order valence-electron chi connectivity index (χ2n) is 8.29. The Morgan fingerprint density at radius 2 is 1.94 bits per heavy atom. The van der Waals surface area contributed by atoms with Gasteiger partial charge in [-0.3, -0.25) is 4.98 Å². The van der Waals surface area contributed by atoms with Gasteiger partial charge in [0.15, 0.2) is 0 Å². The highest BCUT2D eigenvalue weighted by Crippen LogP contribution is 2.35. The molecule has 172 valence electrons. The number of aryl methyl sites for hydroxylation is 1. The topological polar surface area (TPSA) is 90.9 Å². The standard InChI is InChI=1S/C26H26N6O2/c1-18(2)34-21-7-4-19(5-8-21)20-6-9-24-22(14-20)25(23(15-29-24)26-31-30-17-33-26)28-10-3-12-32-13-11-27-16-32/h4-9,11,13-18H,3,10,12H2,1-2H3,(H,28,29). The third-order valence-electron chi connectivity index (χ3n) is 5.47. The summed E-state index contributed by atoms with van der Waals surface area (Å²) in [6.45, 7) is 5.69. The molecule has 5 rings (SSSR count). The van der Waals surface area contributed by atoms with Crippen LogP contribution in [0.25, 0.3) is 33.5 Å². The second kappa shape index (κ2) is 9.74. The molecule has 0 bridgehead atoms. The smallest absolute Gasteiger partial charge is 0.251 e. The Kier molecular flexibility index (Phi) is 6.20. The molecule has 0 saturated carbocycles. The Bertz CT molecular complexity index is 1350. The third kappa shape index (κ3) is 4.76. The molecule has 0 radical (unpaired) electrons. The lowest BCUT2D eigenvalue weighted by atomic mass is 10.0. The highest BCUT2D eigenvalue weighted by atomic mass is 16.5. The Morgan fingerprint density at radius 1 is 1.09 bits per heavy atom. The van der Waals surface area contributed by atoms with E-state index in [1.807, 2.05) is 44.6 Å². The first-order chi connectivity index (χ1) is 16.7. The highest BCUT2D eigenvalue weighted by molar-refractivity contribution is 6.00. The van der Waals surface area contributed by atoms with Gasteiger partial charge in [-0.15, -0.1) is 10.2 Å². The predicted octanol–water partition coefficient (Wildman–Crippen LogP) is 5.44. The normalized spacial score (nSPS) is 11.3. The highest BCUT2D eigenvalue weighted by Gasteiger charge is 2.15. The lowest BCUT2D eigenvalue weighted by molar-refractivity contribution is 0.242. The van der Waals surface area contributed by atoms with Gasteiger partial charge in [-0.1, -0.05) is 18.2 Å². The predicted molar refractivity (Wildman–Crippen MR) is 132 cm³/mol. The lowest BCUT2D eigenvalue weighted by Gasteiger charge is -2.14. The van der Waals surface area contributed by atoms with Crippen LogP contribution in [0.15, 0.2) is 78.2 Å². The minimum Gasteiger partial charge on any atom is -0.491 e. The van der Waals surface area contributed by atoms with Gasteiger partial charge in [-0.2, -0.15) is 0 Å². The Hall–Kier alpha value is -4.20. The zero-order chi connectivity index (χ0) is 23.3. The molecule has 0 spiro atoms. The summed E-state index contributed by atoms with van der Waals surface area (Å²) in [4.78, 5) is 8.75. The van der Waals surface area contributed by atoms with E-state index in [1.165, 1.54) is 6.39 Å². The fraction of sp³-hybridized carbons (Fsp3) is 0.231. The molecule has 0 aliphatic carbocycles. The molecule has 3 heterocycles. The van der Waals surface area contributed by atoms with Gasteiger partial charge < -0.3 is 19.0 Å². The van der Waals surface area contributed by atoms with Crippen LogP contribution in [0.3, 0.4) is 0 Å². The van der Waals surface area contributed by atoms with Gasteiger partial charge in [-0.25, -0.2) is 4.98 Å². The summed E-state index contributed by atoms with van der Waals surface area (Å²) < 4.78 is 13.4. The first-order valence-corrected chi connectivity index (χ1v) is 11.3. The fourth-order valence-electron chi connectivity index (χ4n) is 3.91. The number of ether oxygens (including phenoxy) is 1. The van der Waals surface area contributed by atoms with Gasteiger partial charge in [0.05, 0.1) is 29.2 Å². The van der Waals surface area contributed by atoms with E-state index in [0.29, 0.717) is 5.89 Å². The van der Waals surface area contributed by atoms with Crippen molar-refractivity contribution in [3.8, 4) is 28.3 Å². The summed E-state index contributed by atoms with van der Waals surface area (Å²) in [5.41, 5.74) is 4.80. The molecule has 0 unspecified atom stereocenters. The monoisotopic (exact) mass is 454 g/mol. The molecule has 0 atom stereocenters. The molecule has 0 saturated heterocycles. The van der Waals surface area contributed by atoms with Crippen molar-refractivity contribution in [3.63, 3.8) is 0 Å². The number of nitrogens with one attached hydrogen (secondary N) is 1. The van der Waals surface area contributed by atoms with Crippen LogP contribution in [0.4, 0.5) is 5.69 Å². The Labute approximate surface area is 197 Å². The van der Waals surface area contributed by atoms with Crippen molar-refractivity contribution in [2.75, 3.05) is 11.9 Å². The van der Waals surface area contributed by atoms with Crippen LogP contribution in [0, 0.1) is 0 Å². The van der Waals surface area contributed by atoms with Crippen molar-refractivity contribution in [3.05, 3.63) is 73.8 Å². The maximum atomic E-state index is 5.78. The van der Waals surface area contributed by atoms with Crippen LogP contribution >= 0.6 is 0 Å². The van der Waals surface area contributed by atoms with Gasteiger partial charge in [-0.05, 0) is 55.7 Å². The maximum absolute atomic E-state index is 5.78. The van der Waals surface area contributed by atoms with Crippen molar-refractivity contribution in [1.29, 1.82) is 0 Å². The van der Waals surface area contributed by atoms with Crippen LogP contribution in [-0.4, -0.2) is 37.4 Å². The van der Waals surface area contributed by atoms with E-state index >= 15 is 0 Å². The van der Waals surface area contributed by atoms with E-state index in [4.69, 9.17) is 9.15 Å². The van der Waals surface area contributed by atoms with E-state index in [0.717, 1.165) is 58.5 Å². The van der Waals surface area contributed by atoms with Gasteiger partial charge >= 0.3 is 0 Å². The number of aromatic nitrogens is 5. The van der Waals surface area contributed by atoms with Crippen LogP contribution in [0.5, 0.6) is 5.75 Å². The number of hydrogen-bond donors (Lipinski definition) is 1. The van der Waals surface area contributed by atoms with Gasteiger partial charge in [0.2, 0.25) is 6.39 Å². The first kappa shape index (κ1) is 21.6. The maximum Gasteiger partial charge on any atom is 0.251 e. The molecule has 0 amide bonds. The molecule has 5 aromatic rings. The molecular formula is C26H26N6O2. The minimum absolute atomic E-state index is 0.142. The second-order valence-corrected chi connectivity index (χ2v) is 8.29. The molecule has 0 aliphatic rings. The zero-order valence-electron chi connectivity index (χ0n) is 19.2. The fourth-order valence-corrected chi connectivity index (χ4v) is 3.91. The summed E-state index contributed by atoms with van der Waals surface area (Å²) >= 11 is 0. The number of benzene rings is 2. The number of imidazole rings is 1. The van der Waals surface area contributed by atoms with E-state index in [-0.39, 0.29) is 6.10 Å². The number of rotatable bonds is 9. The average Bonchev–Trinajstić information content (AvgIpc) is 3.56. The number of anilines is 1. The van der Waals surface area contributed by atoms with Crippen molar-refractivity contribution in [2.24, 2.45) is 0 Å². The lowest BCUT2D eigenvalue weighted by Crippen LogP contribution is -2.07. The van der Waals surface area contributed by atoms with E-state index in [2.05, 4.69) is 54.3 Å². The Balaban J connectivity index is 1.48. The molecule has 1 N–H and O–H groups in total. The molecule has 34 heavy (non-hydrogen) atoms. The van der Waals surface area contributed by atoms with E-state index < -0.39 is 0 Å². The molecule has 0 fully saturated rings. The molecule has 8 nitrogen and oxygen atoms in total. The minimum atomic E-state index is 0.142. The SMILES string of the molecule is CC(C)Oc1ccc(-c2ccc3ncc(-c4nnco4)c(NCCCn4ccnc4)c3c2)cc1. The van der Waals surface area contributed by atoms with Crippen molar-refractivity contribution in [1.82, 2.24) is 24.7 Å². The molecule has 3 aromatic heterocycles. The van der Waals surface area contributed by atoms with Crippen molar-refractivity contribution >= 4 is 16.6 Å². The molecule has 8 heteroatoms. The van der Waals surface area contributed by atoms with Crippen molar-refractivity contribution in [2.45, 2.75) is 32.9 Å².